The van der Waals surface area contributed by atoms with E-state index in [0.29, 0.717) is 10.9 Å². The Morgan fingerprint density at radius 1 is 0.974 bits per heavy atom. The van der Waals surface area contributed by atoms with E-state index in [1.165, 1.54) is 12.1 Å². The Kier molecular flexibility index (Phi) is 7.81. The molecule has 13 heteroatoms. The molecular formula is C26H22F3N3O6S. The van der Waals surface area contributed by atoms with Gasteiger partial charge in [-0.25, -0.2) is 13.2 Å². The molecule has 4 rings (SSSR count). The third kappa shape index (κ3) is 7.29. The second kappa shape index (κ2) is 11.1. The van der Waals surface area contributed by atoms with Crippen molar-refractivity contribution in [2.45, 2.75) is 30.3 Å². The molecule has 1 heterocycles. The first-order chi connectivity index (χ1) is 18.4. The summed E-state index contributed by atoms with van der Waals surface area (Å²) in [5, 5.41) is 12.6. The van der Waals surface area contributed by atoms with Crippen molar-refractivity contribution in [2.24, 2.45) is 0 Å². The van der Waals surface area contributed by atoms with Crippen molar-refractivity contribution in [1.29, 1.82) is 0 Å². The molecule has 204 valence electrons. The summed E-state index contributed by atoms with van der Waals surface area (Å²) in [4.78, 5) is 24.0. The van der Waals surface area contributed by atoms with Crippen LogP contribution in [0.15, 0.2) is 90.0 Å². The Bertz CT molecular complexity index is 1590. The molecule has 1 atom stereocenters. The summed E-state index contributed by atoms with van der Waals surface area (Å²) in [5.74, 6) is -2.23. The Morgan fingerprint density at radius 2 is 1.67 bits per heavy atom. The molecule has 0 aliphatic carbocycles. The molecule has 0 saturated carbocycles. The minimum absolute atomic E-state index is 0.121. The highest BCUT2D eigenvalue weighted by molar-refractivity contribution is 7.92. The topological polar surface area (TPSA) is 127 Å². The van der Waals surface area contributed by atoms with Crippen LogP contribution < -0.4 is 14.8 Å². The summed E-state index contributed by atoms with van der Waals surface area (Å²) in [5.41, 5.74) is 1.54. The molecule has 0 spiro atoms. The third-order valence-corrected chi connectivity index (χ3v) is 7.02. The van der Waals surface area contributed by atoms with Crippen LogP contribution in [0.5, 0.6) is 5.75 Å². The lowest BCUT2D eigenvalue weighted by Crippen LogP contribution is -2.43. The number of carbonyl (C=O) groups excluding carboxylic acids is 1. The van der Waals surface area contributed by atoms with Gasteiger partial charge in [0.15, 0.2) is 0 Å². The largest absolute Gasteiger partial charge is 0.573 e. The summed E-state index contributed by atoms with van der Waals surface area (Å²) in [6, 6.07) is 17.8. The second-order valence-corrected chi connectivity index (χ2v) is 10.2. The monoisotopic (exact) mass is 561 g/mol. The second-order valence-electron chi connectivity index (χ2n) is 8.49. The molecule has 0 aliphatic heterocycles. The summed E-state index contributed by atoms with van der Waals surface area (Å²) in [6.45, 7) is -0.167. The Morgan fingerprint density at radius 3 is 2.31 bits per heavy atom. The van der Waals surface area contributed by atoms with E-state index < -0.39 is 40.1 Å². The molecule has 0 radical (unpaired) electrons. The van der Waals surface area contributed by atoms with Gasteiger partial charge in [-0.15, -0.1) is 13.2 Å². The Labute approximate surface area is 220 Å². The number of hydrogen-bond donors (Lipinski definition) is 3. The molecule has 4 aromatic rings. The van der Waals surface area contributed by atoms with E-state index in [1.54, 1.807) is 53.2 Å². The highest BCUT2D eigenvalue weighted by Crippen LogP contribution is 2.26. The average molecular weight is 562 g/mol. The fourth-order valence-corrected chi connectivity index (χ4v) is 4.93. The number of alkyl halides is 3. The van der Waals surface area contributed by atoms with Crippen LogP contribution in [0.4, 0.5) is 18.9 Å². The summed E-state index contributed by atoms with van der Waals surface area (Å²) in [6.07, 6.45) is -3.17. The number of rotatable bonds is 10. The van der Waals surface area contributed by atoms with E-state index in [9.17, 15) is 36.3 Å². The molecule has 0 bridgehead atoms. The van der Waals surface area contributed by atoms with Crippen molar-refractivity contribution in [2.75, 3.05) is 4.72 Å². The van der Waals surface area contributed by atoms with Gasteiger partial charge in [0.1, 0.15) is 18.3 Å². The van der Waals surface area contributed by atoms with E-state index >= 15 is 0 Å². The van der Waals surface area contributed by atoms with Crippen LogP contribution in [0.25, 0.3) is 10.9 Å². The molecule has 0 fully saturated rings. The van der Waals surface area contributed by atoms with Crippen molar-refractivity contribution >= 4 is 38.5 Å². The maximum Gasteiger partial charge on any atom is 0.573 e. The lowest BCUT2D eigenvalue weighted by atomic mass is 10.1. The van der Waals surface area contributed by atoms with Crippen LogP contribution >= 0.6 is 0 Å². The quantitative estimate of drug-likeness (QED) is 0.267. The normalized spacial score (nSPS) is 12.6. The molecule has 0 unspecified atom stereocenters. The molecule has 0 saturated heterocycles. The van der Waals surface area contributed by atoms with Crippen molar-refractivity contribution < 1.29 is 41.0 Å². The molecule has 39 heavy (non-hydrogen) atoms. The minimum atomic E-state index is -4.90. The van der Waals surface area contributed by atoms with Crippen LogP contribution in [0, 0.1) is 0 Å². The van der Waals surface area contributed by atoms with Gasteiger partial charge in [-0.3, -0.25) is 9.52 Å². The standard InChI is InChI=1S/C26H22F3N3O6S/c27-26(28,29)38-20-7-9-21(10-8-20)39(36,37)31-19-6-11-23-18(15-19)12-13-32(23)16-24(33)30-22(25(34)35)14-17-4-2-1-3-5-17/h1-13,15,22,31H,14,16H2,(H,30,33)(H,34,35)/t22-/m0/s1. The number of aromatic nitrogens is 1. The van der Waals surface area contributed by atoms with Gasteiger partial charge >= 0.3 is 12.3 Å². The zero-order valence-corrected chi connectivity index (χ0v) is 20.9. The van der Waals surface area contributed by atoms with Crippen LogP contribution in [0.1, 0.15) is 5.56 Å². The van der Waals surface area contributed by atoms with E-state index in [4.69, 9.17) is 0 Å². The highest BCUT2D eigenvalue weighted by atomic mass is 32.2. The van der Waals surface area contributed by atoms with Crippen LogP contribution in [0.3, 0.4) is 0 Å². The average Bonchev–Trinajstić information content (AvgIpc) is 3.25. The number of anilines is 1. The number of fused-ring (bicyclic) bond motifs is 1. The van der Waals surface area contributed by atoms with Crippen LogP contribution in [0.2, 0.25) is 0 Å². The number of sulfonamides is 1. The zero-order valence-electron chi connectivity index (χ0n) is 20.1. The summed E-state index contributed by atoms with van der Waals surface area (Å²) >= 11 is 0. The molecule has 3 aromatic carbocycles. The van der Waals surface area contributed by atoms with Gasteiger partial charge in [0.2, 0.25) is 5.91 Å². The highest BCUT2D eigenvalue weighted by Gasteiger charge is 2.31. The van der Waals surface area contributed by atoms with Gasteiger partial charge < -0.3 is 19.7 Å². The fraction of sp³-hybridized carbons (Fsp3) is 0.154. The smallest absolute Gasteiger partial charge is 0.480 e. The minimum Gasteiger partial charge on any atom is -0.480 e. The van der Waals surface area contributed by atoms with Gasteiger partial charge in [0, 0.05) is 29.2 Å². The van der Waals surface area contributed by atoms with E-state index in [-0.39, 0.29) is 23.5 Å². The van der Waals surface area contributed by atoms with Gasteiger partial charge in [-0.2, -0.15) is 0 Å². The number of halogens is 3. The number of nitrogens with zero attached hydrogens (tertiary/aromatic N) is 1. The fourth-order valence-electron chi connectivity index (χ4n) is 3.88. The third-order valence-electron chi connectivity index (χ3n) is 5.62. The predicted octanol–water partition coefficient (Wildman–Crippen LogP) is 4.15. The molecule has 1 aromatic heterocycles. The number of carbonyl (C=O) groups is 2. The van der Waals surface area contributed by atoms with Gasteiger partial charge in [-0.1, -0.05) is 30.3 Å². The van der Waals surface area contributed by atoms with Gasteiger partial charge in [0.25, 0.3) is 10.0 Å². The van der Waals surface area contributed by atoms with E-state index in [2.05, 4.69) is 14.8 Å². The van der Waals surface area contributed by atoms with Gasteiger partial charge in [-0.05, 0) is 54.1 Å². The molecule has 3 N–H and O–H groups in total. The van der Waals surface area contributed by atoms with Crippen molar-refractivity contribution in [3.8, 4) is 5.75 Å². The first kappa shape index (κ1) is 27.5. The summed E-state index contributed by atoms with van der Waals surface area (Å²) < 4.78 is 70.1. The summed E-state index contributed by atoms with van der Waals surface area (Å²) in [7, 11) is -4.12. The number of aliphatic carboxylic acids is 1. The van der Waals surface area contributed by atoms with E-state index in [1.807, 2.05) is 0 Å². The molecular weight excluding hydrogens is 539 g/mol. The number of hydrogen-bond acceptors (Lipinski definition) is 5. The predicted molar refractivity (Wildman–Crippen MR) is 136 cm³/mol. The SMILES string of the molecule is O=C(Cn1ccc2cc(NS(=O)(=O)c3ccc(OC(F)(F)F)cc3)ccc21)N[C@@H](Cc1ccccc1)C(=O)O. The number of nitrogens with one attached hydrogen (secondary N) is 2. The van der Waals surface area contributed by atoms with Crippen molar-refractivity contribution in [1.82, 2.24) is 9.88 Å². The number of amides is 1. The first-order valence-corrected chi connectivity index (χ1v) is 12.9. The molecule has 0 aliphatic rings. The van der Waals surface area contributed by atoms with Crippen molar-refractivity contribution in [3.63, 3.8) is 0 Å². The molecule has 1 amide bonds. The zero-order chi connectivity index (χ0) is 28.2. The van der Waals surface area contributed by atoms with Crippen LogP contribution in [-0.2, 0) is 32.6 Å². The van der Waals surface area contributed by atoms with Crippen molar-refractivity contribution in [3.05, 3.63) is 90.6 Å². The van der Waals surface area contributed by atoms with Crippen LogP contribution in [-0.4, -0.2) is 42.4 Å². The lowest BCUT2D eigenvalue weighted by Gasteiger charge is -2.15. The Hall–Kier alpha value is -4.52. The maximum absolute atomic E-state index is 12.7. The van der Waals surface area contributed by atoms with E-state index in [0.717, 1.165) is 29.8 Å². The van der Waals surface area contributed by atoms with Gasteiger partial charge in [0.05, 0.1) is 4.90 Å². The number of carboxylic acid groups (broad SMARTS) is 1. The lowest BCUT2D eigenvalue weighted by molar-refractivity contribution is -0.274. The number of carboxylic acids is 1. The Balaban J connectivity index is 1.43. The maximum atomic E-state index is 12.7. The number of benzene rings is 3. The molecule has 9 nitrogen and oxygen atoms in total. The number of ether oxygens (including phenoxy) is 1. The first-order valence-electron chi connectivity index (χ1n) is 11.4.